The Morgan fingerprint density at radius 1 is 0.806 bits per heavy atom. The van der Waals surface area contributed by atoms with E-state index in [1.165, 1.54) is 14.0 Å². The van der Waals surface area contributed by atoms with Gasteiger partial charge < -0.3 is 35.8 Å². The van der Waals surface area contributed by atoms with Crippen LogP contribution in [0.5, 0.6) is 0 Å². The third kappa shape index (κ3) is 12.5. The molecule has 0 saturated heterocycles. The number of hydrogen-bond acceptors (Lipinski definition) is 7. The van der Waals surface area contributed by atoms with Crippen molar-refractivity contribution in [2.45, 2.75) is 58.2 Å². The summed E-state index contributed by atoms with van der Waals surface area (Å²) in [7, 11) is 1.53. The number of carboxylic acids is 1. The van der Waals surface area contributed by atoms with E-state index in [1.807, 2.05) is 0 Å². The number of carbonyl (C=O) groups is 5. The van der Waals surface area contributed by atoms with Crippen LogP contribution in [0.25, 0.3) is 0 Å². The Bertz CT molecular complexity index is 614. The molecule has 12 nitrogen and oxygen atoms in total. The quantitative estimate of drug-likeness (QED) is 0.179. The first kappa shape index (κ1) is 28.3. The van der Waals surface area contributed by atoms with Crippen molar-refractivity contribution in [3.63, 3.8) is 0 Å². The molecule has 0 aliphatic carbocycles. The molecule has 0 aliphatic heterocycles. The van der Waals surface area contributed by atoms with Gasteiger partial charge in [-0.1, -0.05) is 13.8 Å². The van der Waals surface area contributed by atoms with Crippen molar-refractivity contribution in [2.75, 3.05) is 33.5 Å². The fourth-order valence-corrected chi connectivity index (χ4v) is 2.49. The molecule has 0 unspecified atom stereocenters. The minimum absolute atomic E-state index is 0.122. The summed E-state index contributed by atoms with van der Waals surface area (Å²) >= 11 is 0. The number of amides is 4. The lowest BCUT2D eigenvalue weighted by Gasteiger charge is -2.23. The summed E-state index contributed by atoms with van der Waals surface area (Å²) in [5.74, 6) is -3.59. The van der Waals surface area contributed by atoms with Crippen LogP contribution in [0.1, 0.15) is 40.0 Å². The summed E-state index contributed by atoms with van der Waals surface area (Å²) in [4.78, 5) is 59.5. The molecule has 0 saturated carbocycles. The molecule has 0 rings (SSSR count). The minimum atomic E-state index is -1.33. The zero-order chi connectivity index (χ0) is 23.8. The van der Waals surface area contributed by atoms with Crippen molar-refractivity contribution < 1.29 is 38.6 Å². The lowest BCUT2D eigenvalue weighted by atomic mass is 10.1. The second-order valence-corrected chi connectivity index (χ2v) is 6.69. The van der Waals surface area contributed by atoms with E-state index in [1.54, 1.807) is 13.8 Å². The largest absolute Gasteiger partial charge is 0.481 e. The van der Waals surface area contributed by atoms with Gasteiger partial charge in [-0.3, -0.25) is 24.0 Å². The van der Waals surface area contributed by atoms with Crippen LogP contribution in [0.4, 0.5) is 0 Å². The van der Waals surface area contributed by atoms with Gasteiger partial charge in [0.15, 0.2) is 0 Å². The van der Waals surface area contributed by atoms with Crippen LogP contribution in [0.15, 0.2) is 0 Å². The molecule has 0 aromatic rings. The normalized spacial score (nSPS) is 13.4. The van der Waals surface area contributed by atoms with Gasteiger partial charge in [0.2, 0.25) is 23.6 Å². The highest BCUT2D eigenvalue weighted by Crippen LogP contribution is 2.00. The van der Waals surface area contributed by atoms with E-state index in [2.05, 4.69) is 21.3 Å². The van der Waals surface area contributed by atoms with Crippen molar-refractivity contribution in [2.24, 2.45) is 0 Å². The summed E-state index contributed by atoms with van der Waals surface area (Å²) in [5.41, 5.74) is 0. The highest BCUT2D eigenvalue weighted by Gasteiger charge is 2.29. The number of carbonyl (C=O) groups excluding carboxylic acids is 4. The van der Waals surface area contributed by atoms with Gasteiger partial charge in [-0.25, -0.2) is 0 Å². The SMILES string of the molecule is CC[C@H](NC(C)=O)C(=O)N[C@H](CC)C(=O)N[C@@H](CC(=O)O)C(=O)NCCOCCOC. The molecule has 5 N–H and O–H groups in total. The molecule has 0 aliphatic rings. The molecule has 0 fully saturated rings. The molecule has 3 atom stereocenters. The number of ether oxygens (including phenoxy) is 2. The number of aliphatic carboxylic acids is 1. The Morgan fingerprint density at radius 3 is 1.84 bits per heavy atom. The first-order valence-corrected chi connectivity index (χ1v) is 10.1. The van der Waals surface area contributed by atoms with E-state index in [4.69, 9.17) is 14.6 Å². The summed E-state index contributed by atoms with van der Waals surface area (Å²) in [6.07, 6.45) is -0.112. The first-order chi connectivity index (χ1) is 14.7. The third-order valence-corrected chi connectivity index (χ3v) is 4.13. The maximum atomic E-state index is 12.6. The van der Waals surface area contributed by atoms with E-state index >= 15 is 0 Å². The van der Waals surface area contributed by atoms with E-state index in [9.17, 15) is 24.0 Å². The van der Waals surface area contributed by atoms with Gasteiger partial charge in [-0.05, 0) is 12.8 Å². The molecule has 4 amide bonds. The van der Waals surface area contributed by atoms with Gasteiger partial charge in [0.05, 0.1) is 26.2 Å². The van der Waals surface area contributed by atoms with Gasteiger partial charge in [-0.2, -0.15) is 0 Å². The average Bonchev–Trinajstić information content (AvgIpc) is 2.71. The maximum Gasteiger partial charge on any atom is 0.305 e. The van der Waals surface area contributed by atoms with Gasteiger partial charge in [0.1, 0.15) is 18.1 Å². The van der Waals surface area contributed by atoms with Crippen LogP contribution in [-0.4, -0.2) is 86.3 Å². The van der Waals surface area contributed by atoms with Gasteiger partial charge in [0, 0.05) is 20.6 Å². The van der Waals surface area contributed by atoms with Gasteiger partial charge in [-0.15, -0.1) is 0 Å². The van der Waals surface area contributed by atoms with Crippen LogP contribution in [0.3, 0.4) is 0 Å². The molecule has 31 heavy (non-hydrogen) atoms. The van der Waals surface area contributed by atoms with Crippen molar-refractivity contribution >= 4 is 29.6 Å². The summed E-state index contributed by atoms with van der Waals surface area (Å²) in [6, 6.07) is -3.14. The Kier molecular flexibility index (Phi) is 14.6. The molecule has 0 heterocycles. The van der Waals surface area contributed by atoms with E-state index in [-0.39, 0.29) is 25.5 Å². The molecule has 0 bridgehead atoms. The lowest BCUT2D eigenvalue weighted by molar-refractivity contribution is -0.141. The first-order valence-electron chi connectivity index (χ1n) is 10.1. The number of methoxy groups -OCH3 is 1. The molecule has 0 spiro atoms. The highest BCUT2D eigenvalue weighted by atomic mass is 16.5. The van der Waals surface area contributed by atoms with Crippen molar-refractivity contribution in [3.05, 3.63) is 0 Å². The fraction of sp³-hybridized carbons (Fsp3) is 0.737. The molecular weight excluding hydrogens is 412 g/mol. The van der Waals surface area contributed by atoms with Crippen LogP contribution in [0, 0.1) is 0 Å². The monoisotopic (exact) mass is 446 g/mol. The second-order valence-electron chi connectivity index (χ2n) is 6.69. The molecule has 0 aromatic carbocycles. The zero-order valence-corrected chi connectivity index (χ0v) is 18.5. The topological polar surface area (TPSA) is 172 Å². The smallest absolute Gasteiger partial charge is 0.305 e. The van der Waals surface area contributed by atoms with E-state index in [0.29, 0.717) is 19.6 Å². The van der Waals surface area contributed by atoms with Crippen LogP contribution >= 0.6 is 0 Å². The van der Waals surface area contributed by atoms with E-state index in [0.717, 1.165) is 0 Å². The lowest BCUT2D eigenvalue weighted by Crippen LogP contribution is -2.56. The van der Waals surface area contributed by atoms with Crippen LogP contribution in [0.2, 0.25) is 0 Å². The number of hydrogen-bond donors (Lipinski definition) is 5. The maximum absolute atomic E-state index is 12.6. The molecule has 178 valence electrons. The number of carboxylic acid groups (broad SMARTS) is 1. The molecule has 0 radical (unpaired) electrons. The number of rotatable bonds is 16. The van der Waals surface area contributed by atoms with Crippen LogP contribution in [-0.2, 0) is 33.4 Å². The van der Waals surface area contributed by atoms with E-state index < -0.39 is 48.2 Å². The Morgan fingerprint density at radius 2 is 1.35 bits per heavy atom. The minimum Gasteiger partial charge on any atom is -0.481 e. The Labute approximate surface area is 181 Å². The van der Waals surface area contributed by atoms with Crippen molar-refractivity contribution in [1.29, 1.82) is 0 Å². The summed E-state index contributed by atoms with van der Waals surface area (Å²) in [5, 5.41) is 18.9. The summed E-state index contributed by atoms with van der Waals surface area (Å²) in [6.45, 7) is 5.68. The third-order valence-electron chi connectivity index (χ3n) is 4.13. The van der Waals surface area contributed by atoms with Gasteiger partial charge >= 0.3 is 5.97 Å². The molecule has 0 aromatic heterocycles. The molecule has 12 heteroatoms. The Balaban J connectivity index is 4.90. The average molecular weight is 447 g/mol. The predicted molar refractivity (Wildman–Crippen MR) is 110 cm³/mol. The number of nitrogens with one attached hydrogen (secondary N) is 4. The summed E-state index contributed by atoms with van der Waals surface area (Å²) < 4.78 is 10.0. The highest BCUT2D eigenvalue weighted by molar-refractivity contribution is 5.95. The second kappa shape index (κ2) is 16.0. The molecular formula is C19H34N4O8. The van der Waals surface area contributed by atoms with Crippen LogP contribution < -0.4 is 21.3 Å². The Hall–Kier alpha value is -2.73. The fourth-order valence-electron chi connectivity index (χ4n) is 2.49. The predicted octanol–water partition coefficient (Wildman–Crippen LogP) is -1.47. The van der Waals surface area contributed by atoms with Crippen molar-refractivity contribution in [1.82, 2.24) is 21.3 Å². The van der Waals surface area contributed by atoms with Crippen molar-refractivity contribution in [3.8, 4) is 0 Å². The zero-order valence-electron chi connectivity index (χ0n) is 18.5. The standard InChI is InChI=1S/C19H34N4O8/c1-5-13(21-12(3)24)18(28)22-14(6-2)19(29)23-15(11-16(25)26)17(27)20-7-8-31-10-9-30-4/h13-15H,5-11H2,1-4H3,(H,20,27)(H,21,24)(H,22,28)(H,23,29)(H,25,26)/t13-,14+,15-/m0/s1. The van der Waals surface area contributed by atoms with Gasteiger partial charge in [0.25, 0.3) is 0 Å².